The Kier molecular flexibility index (Phi) is 4.30. The molecule has 1 heterocycles. The zero-order valence-electron chi connectivity index (χ0n) is 11.5. The number of hydrogen-bond acceptors (Lipinski definition) is 1. The van der Waals surface area contributed by atoms with E-state index in [-0.39, 0.29) is 11.9 Å². The molecule has 1 N–H and O–H groups in total. The second kappa shape index (κ2) is 5.78. The number of benzene rings is 1. The van der Waals surface area contributed by atoms with Crippen molar-refractivity contribution in [2.24, 2.45) is 5.92 Å². The molecule has 1 aromatic heterocycles. The Morgan fingerprint density at radius 2 is 2.05 bits per heavy atom. The number of nitrogens with one attached hydrogen (secondary N) is 1. The van der Waals surface area contributed by atoms with Gasteiger partial charge in [-0.2, -0.15) is 0 Å². The minimum Gasteiger partial charge on any atom is -0.352 e. The predicted molar refractivity (Wildman–Crippen MR) is 82.1 cm³/mol. The summed E-state index contributed by atoms with van der Waals surface area (Å²) < 4.78 is 3.00. The molecular weight excluding hydrogens is 304 g/mol. The third-order valence-electron chi connectivity index (χ3n) is 3.44. The third kappa shape index (κ3) is 3.38. The van der Waals surface area contributed by atoms with Crippen molar-refractivity contribution in [3.8, 4) is 0 Å². The van der Waals surface area contributed by atoms with Crippen molar-refractivity contribution in [2.75, 3.05) is 0 Å². The van der Waals surface area contributed by atoms with Crippen LogP contribution >= 0.6 is 15.9 Å². The first-order valence-electron chi connectivity index (χ1n) is 6.51. The van der Waals surface area contributed by atoms with Gasteiger partial charge >= 0.3 is 0 Å². The second-order valence-corrected chi connectivity index (χ2v) is 6.16. The lowest BCUT2D eigenvalue weighted by molar-refractivity contribution is -0.122. The molecule has 3 nitrogen and oxygen atoms in total. The average molecular weight is 323 g/mol. The van der Waals surface area contributed by atoms with Gasteiger partial charge in [0.2, 0.25) is 5.91 Å². The number of amides is 1. The standard InChI is InChI=1S/C15H19BrN2O/c1-10(2)11(3)17-15(19)9-18-7-6-12-4-5-13(16)8-14(12)18/h4-8,10-11H,9H2,1-3H3,(H,17,19). The van der Waals surface area contributed by atoms with Crippen molar-refractivity contribution in [3.63, 3.8) is 0 Å². The van der Waals surface area contributed by atoms with E-state index in [1.54, 1.807) is 0 Å². The van der Waals surface area contributed by atoms with Crippen LogP contribution in [0.2, 0.25) is 0 Å². The summed E-state index contributed by atoms with van der Waals surface area (Å²) in [6.07, 6.45) is 1.96. The van der Waals surface area contributed by atoms with Crippen LogP contribution in [0.3, 0.4) is 0 Å². The molecule has 0 saturated carbocycles. The highest BCUT2D eigenvalue weighted by Crippen LogP contribution is 2.20. The van der Waals surface area contributed by atoms with Gasteiger partial charge in [-0.05, 0) is 36.4 Å². The van der Waals surface area contributed by atoms with Crippen LogP contribution in [0.4, 0.5) is 0 Å². The van der Waals surface area contributed by atoms with Gasteiger partial charge in [0.05, 0.1) is 0 Å². The van der Waals surface area contributed by atoms with E-state index in [9.17, 15) is 4.79 Å². The van der Waals surface area contributed by atoms with Gasteiger partial charge in [-0.1, -0.05) is 35.8 Å². The number of carbonyl (C=O) groups excluding carboxylic acids is 1. The van der Waals surface area contributed by atoms with E-state index in [2.05, 4.69) is 35.1 Å². The zero-order valence-corrected chi connectivity index (χ0v) is 13.1. The van der Waals surface area contributed by atoms with E-state index in [1.807, 2.05) is 42.0 Å². The highest BCUT2D eigenvalue weighted by atomic mass is 79.9. The molecular formula is C15H19BrN2O. The second-order valence-electron chi connectivity index (χ2n) is 5.25. The Bertz CT molecular complexity index is 589. The minimum atomic E-state index is 0.0543. The molecule has 0 aliphatic rings. The van der Waals surface area contributed by atoms with Crippen LogP contribution < -0.4 is 5.32 Å². The number of aromatic nitrogens is 1. The Morgan fingerprint density at radius 3 is 2.74 bits per heavy atom. The van der Waals surface area contributed by atoms with Crippen LogP contribution in [-0.2, 0) is 11.3 Å². The fraction of sp³-hybridized carbons (Fsp3) is 0.400. The van der Waals surface area contributed by atoms with Crippen LogP contribution in [0.25, 0.3) is 10.9 Å². The van der Waals surface area contributed by atoms with E-state index in [1.165, 1.54) is 0 Å². The van der Waals surface area contributed by atoms with E-state index < -0.39 is 0 Å². The summed E-state index contributed by atoms with van der Waals surface area (Å²) in [5, 5.41) is 4.17. The summed E-state index contributed by atoms with van der Waals surface area (Å²) in [7, 11) is 0. The van der Waals surface area contributed by atoms with Crippen LogP contribution in [0, 0.1) is 5.92 Å². The summed E-state index contributed by atoms with van der Waals surface area (Å²) in [4.78, 5) is 12.0. The van der Waals surface area contributed by atoms with Gasteiger partial charge in [-0.3, -0.25) is 4.79 Å². The van der Waals surface area contributed by atoms with Crippen molar-refractivity contribution >= 4 is 32.7 Å². The molecule has 19 heavy (non-hydrogen) atoms. The lowest BCUT2D eigenvalue weighted by atomic mass is 10.1. The van der Waals surface area contributed by atoms with Crippen molar-refractivity contribution < 1.29 is 4.79 Å². The molecule has 0 aliphatic carbocycles. The van der Waals surface area contributed by atoms with Crippen molar-refractivity contribution in [1.29, 1.82) is 0 Å². The molecule has 1 amide bonds. The number of fused-ring (bicyclic) bond motifs is 1. The number of nitrogens with zero attached hydrogens (tertiary/aromatic N) is 1. The first-order valence-corrected chi connectivity index (χ1v) is 7.30. The molecule has 2 rings (SSSR count). The van der Waals surface area contributed by atoms with Gasteiger partial charge in [0.25, 0.3) is 0 Å². The first kappa shape index (κ1) is 14.1. The van der Waals surface area contributed by atoms with E-state index >= 15 is 0 Å². The SMILES string of the molecule is CC(C)C(C)NC(=O)Cn1ccc2ccc(Br)cc21. The number of halogens is 1. The fourth-order valence-electron chi connectivity index (χ4n) is 1.92. The van der Waals surface area contributed by atoms with Crippen LogP contribution in [0.1, 0.15) is 20.8 Å². The largest absolute Gasteiger partial charge is 0.352 e. The molecule has 102 valence electrons. The molecule has 0 spiro atoms. The van der Waals surface area contributed by atoms with Gasteiger partial charge in [0.1, 0.15) is 6.54 Å². The number of carbonyl (C=O) groups is 1. The number of hydrogen-bond donors (Lipinski definition) is 1. The van der Waals surface area contributed by atoms with Crippen molar-refractivity contribution in [1.82, 2.24) is 9.88 Å². The smallest absolute Gasteiger partial charge is 0.240 e. The maximum Gasteiger partial charge on any atom is 0.240 e. The fourth-order valence-corrected chi connectivity index (χ4v) is 2.26. The van der Waals surface area contributed by atoms with Gasteiger partial charge in [-0.15, -0.1) is 0 Å². The summed E-state index contributed by atoms with van der Waals surface area (Å²) in [5.74, 6) is 0.498. The molecule has 0 radical (unpaired) electrons. The van der Waals surface area contributed by atoms with Gasteiger partial charge in [0.15, 0.2) is 0 Å². The quantitative estimate of drug-likeness (QED) is 0.917. The normalized spacial score (nSPS) is 12.9. The Hall–Kier alpha value is -1.29. The molecule has 2 aromatic rings. The highest BCUT2D eigenvalue weighted by molar-refractivity contribution is 9.10. The van der Waals surface area contributed by atoms with Crippen molar-refractivity contribution in [3.05, 3.63) is 34.9 Å². The summed E-state index contributed by atoms with van der Waals surface area (Å²) in [5.41, 5.74) is 1.07. The lowest BCUT2D eigenvalue weighted by Gasteiger charge is -2.17. The predicted octanol–water partition coefficient (Wildman–Crippen LogP) is 3.56. The maximum atomic E-state index is 12.0. The third-order valence-corrected chi connectivity index (χ3v) is 3.93. The molecule has 0 bridgehead atoms. The Labute approximate surface area is 122 Å². The zero-order chi connectivity index (χ0) is 14.0. The van der Waals surface area contributed by atoms with Gasteiger partial charge in [-0.25, -0.2) is 0 Å². The Balaban J connectivity index is 2.13. The van der Waals surface area contributed by atoms with E-state index in [4.69, 9.17) is 0 Å². The van der Waals surface area contributed by atoms with Crippen LogP contribution in [0.5, 0.6) is 0 Å². The topological polar surface area (TPSA) is 34.0 Å². The molecule has 4 heteroatoms. The molecule has 0 saturated heterocycles. The van der Waals surface area contributed by atoms with Crippen LogP contribution in [0.15, 0.2) is 34.9 Å². The average Bonchev–Trinajstić information content (AvgIpc) is 2.71. The van der Waals surface area contributed by atoms with E-state index in [0.29, 0.717) is 12.5 Å². The Morgan fingerprint density at radius 1 is 1.32 bits per heavy atom. The molecule has 0 fully saturated rings. The van der Waals surface area contributed by atoms with Crippen molar-refractivity contribution in [2.45, 2.75) is 33.4 Å². The van der Waals surface area contributed by atoms with Gasteiger partial charge in [0, 0.05) is 22.2 Å². The van der Waals surface area contributed by atoms with Crippen LogP contribution in [-0.4, -0.2) is 16.5 Å². The molecule has 0 aliphatic heterocycles. The lowest BCUT2D eigenvalue weighted by Crippen LogP contribution is -2.38. The minimum absolute atomic E-state index is 0.0543. The molecule has 1 atom stereocenters. The maximum absolute atomic E-state index is 12.0. The summed E-state index contributed by atoms with van der Waals surface area (Å²) >= 11 is 3.46. The monoisotopic (exact) mass is 322 g/mol. The summed E-state index contributed by atoms with van der Waals surface area (Å²) in [6, 6.07) is 8.31. The van der Waals surface area contributed by atoms with Gasteiger partial charge < -0.3 is 9.88 Å². The van der Waals surface area contributed by atoms with E-state index in [0.717, 1.165) is 15.4 Å². The summed E-state index contributed by atoms with van der Waals surface area (Å²) in [6.45, 7) is 6.60. The number of rotatable bonds is 4. The highest BCUT2D eigenvalue weighted by Gasteiger charge is 2.12. The molecule has 1 unspecified atom stereocenters. The molecule has 1 aromatic carbocycles. The first-order chi connectivity index (χ1) is 8.97.